The summed E-state index contributed by atoms with van der Waals surface area (Å²) in [5.74, 6) is 1.22. The highest BCUT2D eigenvalue weighted by Gasteiger charge is 2.26. The van der Waals surface area contributed by atoms with E-state index in [0.29, 0.717) is 17.0 Å². The van der Waals surface area contributed by atoms with Gasteiger partial charge in [-0.2, -0.15) is 0 Å². The van der Waals surface area contributed by atoms with Crippen LogP contribution >= 0.6 is 11.8 Å². The first-order valence-corrected chi connectivity index (χ1v) is 9.56. The Morgan fingerprint density at radius 1 is 1.23 bits per heavy atom. The van der Waals surface area contributed by atoms with Crippen LogP contribution in [0.2, 0.25) is 0 Å². The van der Waals surface area contributed by atoms with E-state index < -0.39 is 0 Å². The molecule has 4 rings (SSSR count). The molecule has 0 bridgehead atoms. The topological polar surface area (TPSA) is 69.0 Å². The van der Waals surface area contributed by atoms with Crippen molar-refractivity contribution < 1.29 is 9.53 Å². The number of hydrogen-bond acceptors (Lipinski definition) is 6. The predicted octanol–water partition coefficient (Wildman–Crippen LogP) is 3.60. The fourth-order valence-corrected chi connectivity index (χ4v) is 3.95. The molecule has 1 aliphatic rings. The lowest BCUT2D eigenvalue weighted by Gasteiger charge is -2.14. The minimum atomic E-state index is -0.288. The third-order valence-electron chi connectivity index (χ3n) is 4.60. The Balaban J connectivity index is 1.83. The second kappa shape index (κ2) is 6.99. The highest BCUT2D eigenvalue weighted by atomic mass is 32.2. The van der Waals surface area contributed by atoms with Crippen LogP contribution in [-0.4, -0.2) is 40.6 Å². The third kappa shape index (κ3) is 3.03. The predicted molar refractivity (Wildman–Crippen MR) is 103 cm³/mol. The number of carbonyl (C=O) groups excluding carboxylic acids is 1. The van der Waals surface area contributed by atoms with Gasteiger partial charge < -0.3 is 10.1 Å². The van der Waals surface area contributed by atoms with E-state index in [1.807, 2.05) is 17.7 Å². The zero-order chi connectivity index (χ0) is 18.1. The molecule has 0 amide bonds. The zero-order valence-electron chi connectivity index (χ0n) is 14.7. The lowest BCUT2D eigenvalue weighted by Crippen LogP contribution is -2.07. The van der Waals surface area contributed by atoms with Gasteiger partial charge in [0.1, 0.15) is 0 Å². The first kappa shape index (κ1) is 16.9. The van der Waals surface area contributed by atoms with E-state index in [2.05, 4.69) is 45.8 Å². The van der Waals surface area contributed by atoms with Crippen molar-refractivity contribution in [1.29, 1.82) is 0 Å². The fourth-order valence-electron chi connectivity index (χ4n) is 3.18. The number of anilines is 1. The number of thioether (sulfide) groups is 1. The molecule has 0 atom stereocenters. The molecule has 3 aromatic rings. The van der Waals surface area contributed by atoms with Gasteiger partial charge in [0.15, 0.2) is 5.16 Å². The van der Waals surface area contributed by atoms with Crippen LogP contribution in [0.4, 0.5) is 5.95 Å². The molecule has 26 heavy (non-hydrogen) atoms. The molecule has 1 aromatic heterocycles. The van der Waals surface area contributed by atoms with Crippen molar-refractivity contribution >= 4 is 34.5 Å². The number of nitrogens with zero attached hydrogens (tertiary/aromatic N) is 3. The largest absolute Gasteiger partial charge is 0.468 e. The molecule has 0 radical (unpaired) electrons. The molecule has 1 N–H and O–H groups in total. The quantitative estimate of drug-likeness (QED) is 0.530. The molecule has 1 heterocycles. The molecule has 134 valence electrons. The van der Waals surface area contributed by atoms with Crippen molar-refractivity contribution in [2.45, 2.75) is 23.9 Å². The lowest BCUT2D eigenvalue weighted by molar-refractivity contribution is -0.137. The number of fused-ring (bicyclic) bond motifs is 1. The van der Waals surface area contributed by atoms with Crippen molar-refractivity contribution in [1.82, 2.24) is 14.8 Å². The van der Waals surface area contributed by atoms with Gasteiger partial charge in [0.25, 0.3) is 0 Å². The van der Waals surface area contributed by atoms with E-state index in [9.17, 15) is 4.79 Å². The number of carbonyl (C=O) groups is 1. The van der Waals surface area contributed by atoms with E-state index >= 15 is 0 Å². The number of methoxy groups -OCH3 is 1. The molecule has 1 fully saturated rings. The van der Waals surface area contributed by atoms with Gasteiger partial charge in [-0.3, -0.25) is 9.36 Å². The van der Waals surface area contributed by atoms with E-state index in [1.54, 1.807) is 0 Å². The normalized spacial score (nSPS) is 13.8. The number of ether oxygens (including phenoxy) is 1. The van der Waals surface area contributed by atoms with Crippen LogP contribution in [0.3, 0.4) is 0 Å². The Morgan fingerprint density at radius 2 is 2.00 bits per heavy atom. The number of benzene rings is 2. The highest BCUT2D eigenvalue weighted by Crippen LogP contribution is 2.44. The summed E-state index contributed by atoms with van der Waals surface area (Å²) in [6.07, 6.45) is 2.52. The molecule has 6 nitrogen and oxygen atoms in total. The number of nitrogens with one attached hydrogen (secondary N) is 1. The molecular weight excluding hydrogens is 348 g/mol. The van der Waals surface area contributed by atoms with E-state index in [-0.39, 0.29) is 11.7 Å². The molecule has 1 aliphatic carbocycles. The van der Waals surface area contributed by atoms with Gasteiger partial charge in [-0.1, -0.05) is 42.1 Å². The molecule has 7 heteroatoms. The van der Waals surface area contributed by atoms with Crippen molar-refractivity contribution in [3.8, 4) is 5.69 Å². The van der Waals surface area contributed by atoms with Crippen LogP contribution < -0.4 is 5.32 Å². The SMILES string of the molecule is CNc1nnc(SCC(=O)OC)n1-c1ccc(C2CC2)c2ccccc12. The van der Waals surface area contributed by atoms with Gasteiger partial charge in [-0.05, 0) is 35.8 Å². The lowest BCUT2D eigenvalue weighted by atomic mass is 9.99. The Bertz CT molecular complexity index is 965. The van der Waals surface area contributed by atoms with Gasteiger partial charge in [0.05, 0.1) is 18.6 Å². The standard InChI is InChI=1S/C19H20N4O2S/c1-20-18-21-22-19(26-11-17(24)25-2)23(18)16-10-9-13(12-7-8-12)14-5-3-4-6-15(14)16/h3-6,9-10,12H,7-8,11H2,1-2H3,(H,20,21). The second-order valence-electron chi connectivity index (χ2n) is 6.25. The third-order valence-corrected chi connectivity index (χ3v) is 5.50. The number of esters is 1. The first-order valence-electron chi connectivity index (χ1n) is 8.57. The summed E-state index contributed by atoms with van der Waals surface area (Å²) < 4.78 is 6.70. The van der Waals surface area contributed by atoms with Crippen LogP contribution in [0.5, 0.6) is 0 Å². The van der Waals surface area contributed by atoms with Crippen LogP contribution in [0, 0.1) is 0 Å². The molecular formula is C19H20N4O2S. The van der Waals surface area contributed by atoms with Crippen LogP contribution in [0.25, 0.3) is 16.5 Å². The second-order valence-corrected chi connectivity index (χ2v) is 7.19. The number of hydrogen-bond donors (Lipinski definition) is 1. The maximum Gasteiger partial charge on any atom is 0.316 e. The summed E-state index contributed by atoms with van der Waals surface area (Å²) in [7, 11) is 3.20. The summed E-state index contributed by atoms with van der Waals surface area (Å²) in [6.45, 7) is 0. The van der Waals surface area contributed by atoms with Crippen molar-refractivity contribution in [2.24, 2.45) is 0 Å². The van der Waals surface area contributed by atoms with Gasteiger partial charge in [0, 0.05) is 12.4 Å². The van der Waals surface area contributed by atoms with Gasteiger partial charge in [-0.15, -0.1) is 10.2 Å². The fraction of sp³-hybridized carbons (Fsp3) is 0.316. The van der Waals surface area contributed by atoms with Crippen molar-refractivity contribution in [3.05, 3.63) is 42.0 Å². The van der Waals surface area contributed by atoms with E-state index in [0.717, 1.165) is 11.1 Å². The Hall–Kier alpha value is -2.54. The van der Waals surface area contributed by atoms with Gasteiger partial charge >= 0.3 is 5.97 Å². The smallest absolute Gasteiger partial charge is 0.316 e. The number of aromatic nitrogens is 3. The Kier molecular flexibility index (Phi) is 4.55. The summed E-state index contributed by atoms with van der Waals surface area (Å²) in [4.78, 5) is 11.5. The first-order chi connectivity index (χ1) is 12.7. The Morgan fingerprint density at radius 3 is 2.69 bits per heavy atom. The van der Waals surface area contributed by atoms with Gasteiger partial charge in [0.2, 0.25) is 5.95 Å². The van der Waals surface area contributed by atoms with Crippen molar-refractivity contribution in [3.63, 3.8) is 0 Å². The van der Waals surface area contributed by atoms with E-state index in [1.165, 1.54) is 42.7 Å². The average molecular weight is 368 g/mol. The minimum absolute atomic E-state index is 0.191. The number of rotatable bonds is 6. The average Bonchev–Trinajstić information content (AvgIpc) is 3.45. The zero-order valence-corrected chi connectivity index (χ0v) is 15.5. The van der Waals surface area contributed by atoms with Crippen LogP contribution in [0.1, 0.15) is 24.3 Å². The van der Waals surface area contributed by atoms with Crippen LogP contribution in [0.15, 0.2) is 41.6 Å². The highest BCUT2D eigenvalue weighted by molar-refractivity contribution is 7.99. The minimum Gasteiger partial charge on any atom is -0.468 e. The molecule has 0 spiro atoms. The summed E-state index contributed by atoms with van der Waals surface area (Å²) in [5, 5.41) is 14.7. The van der Waals surface area contributed by atoms with Crippen LogP contribution in [-0.2, 0) is 9.53 Å². The molecule has 0 unspecified atom stereocenters. The molecule has 1 saturated carbocycles. The summed E-state index contributed by atoms with van der Waals surface area (Å²) >= 11 is 1.32. The Labute approximate surface area is 155 Å². The molecule has 0 saturated heterocycles. The van der Waals surface area contributed by atoms with E-state index in [4.69, 9.17) is 4.74 Å². The molecule has 0 aliphatic heterocycles. The maximum atomic E-state index is 11.5. The monoisotopic (exact) mass is 368 g/mol. The maximum absolute atomic E-state index is 11.5. The van der Waals surface area contributed by atoms with Gasteiger partial charge in [-0.25, -0.2) is 0 Å². The summed E-state index contributed by atoms with van der Waals surface area (Å²) in [6, 6.07) is 12.8. The summed E-state index contributed by atoms with van der Waals surface area (Å²) in [5.41, 5.74) is 2.42. The molecule has 2 aromatic carbocycles. The van der Waals surface area contributed by atoms with Crippen molar-refractivity contribution in [2.75, 3.05) is 25.2 Å².